The average Bonchev–Trinajstić information content (AvgIpc) is 3.13. The first-order chi connectivity index (χ1) is 14.8. The second-order valence-electron chi connectivity index (χ2n) is 7.75. The normalized spacial score (nSPS) is 11.1. The van der Waals surface area contributed by atoms with Crippen LogP contribution in [0, 0.1) is 32.4 Å². The first kappa shape index (κ1) is 21.1. The molecule has 1 heterocycles. The Morgan fingerprint density at radius 1 is 1.00 bits per heavy atom. The number of fused-ring (bicyclic) bond motifs is 1. The van der Waals surface area contributed by atoms with Gasteiger partial charge in [0.25, 0.3) is 0 Å². The molecule has 0 atom stereocenters. The van der Waals surface area contributed by atoms with E-state index in [2.05, 4.69) is 17.1 Å². The Morgan fingerprint density at radius 3 is 2.35 bits per heavy atom. The van der Waals surface area contributed by atoms with E-state index in [1.807, 2.05) is 51.1 Å². The van der Waals surface area contributed by atoms with Gasteiger partial charge < -0.3 is 0 Å². The highest BCUT2D eigenvalue weighted by Gasteiger charge is 2.23. The number of thiazole rings is 1. The zero-order chi connectivity index (χ0) is 22.1. The van der Waals surface area contributed by atoms with E-state index in [0.29, 0.717) is 16.4 Å². The van der Waals surface area contributed by atoms with Crippen molar-refractivity contribution in [2.75, 3.05) is 4.90 Å². The molecule has 31 heavy (non-hydrogen) atoms. The predicted octanol–water partition coefficient (Wildman–Crippen LogP) is 6.28. The smallest absolute Gasteiger partial charge is 0.233 e. The third-order valence-electron chi connectivity index (χ3n) is 5.29. The molecule has 0 aliphatic carbocycles. The largest absolute Gasteiger partial charge is 0.283 e. The van der Waals surface area contributed by atoms with Crippen LogP contribution in [0.15, 0.2) is 54.6 Å². The molecule has 0 bridgehead atoms. The Hall–Kier alpha value is -3.12. The quantitative estimate of drug-likeness (QED) is 0.369. The van der Waals surface area contributed by atoms with Gasteiger partial charge in [0.2, 0.25) is 5.91 Å². The van der Waals surface area contributed by atoms with Gasteiger partial charge in [0.15, 0.2) is 10.9 Å². The summed E-state index contributed by atoms with van der Waals surface area (Å²) in [5.74, 6) is -1.53. The molecule has 4 aromatic rings. The first-order valence-corrected chi connectivity index (χ1v) is 10.8. The number of amides is 1. The lowest BCUT2D eigenvalue weighted by atomic mass is 9.97. The minimum absolute atomic E-state index is 0.0787. The molecule has 0 spiro atoms. The summed E-state index contributed by atoms with van der Waals surface area (Å²) in [7, 11) is 0. The fourth-order valence-electron chi connectivity index (χ4n) is 3.82. The third kappa shape index (κ3) is 4.49. The summed E-state index contributed by atoms with van der Waals surface area (Å²) in [4.78, 5) is 19.4. The molecule has 0 N–H and O–H groups in total. The lowest BCUT2D eigenvalue weighted by molar-refractivity contribution is -0.118. The maximum Gasteiger partial charge on any atom is 0.233 e. The standard InChI is InChI=1S/C25H22F2N2OS/c1-15-9-16(2)20(17(3)10-15)13-23(30)29(14-18-7-5-4-6-8-18)25-28-24-21(27)11-19(26)12-22(24)31-25/h4-12H,13-14H2,1-3H3. The van der Waals surface area contributed by atoms with Gasteiger partial charge in [-0.15, -0.1) is 0 Å². The van der Waals surface area contributed by atoms with E-state index in [9.17, 15) is 13.6 Å². The van der Waals surface area contributed by atoms with Crippen molar-refractivity contribution < 1.29 is 13.6 Å². The van der Waals surface area contributed by atoms with Gasteiger partial charge in [0, 0.05) is 6.07 Å². The molecule has 1 aromatic heterocycles. The second kappa shape index (κ2) is 8.55. The SMILES string of the molecule is Cc1cc(C)c(CC(=O)N(Cc2ccccc2)c2nc3c(F)cc(F)cc3s2)c(C)c1. The highest BCUT2D eigenvalue weighted by Crippen LogP contribution is 2.32. The number of rotatable bonds is 5. The van der Waals surface area contributed by atoms with Gasteiger partial charge in [0.05, 0.1) is 17.7 Å². The van der Waals surface area contributed by atoms with Crippen molar-refractivity contribution in [3.05, 3.63) is 94.0 Å². The van der Waals surface area contributed by atoms with Gasteiger partial charge in [0.1, 0.15) is 11.3 Å². The van der Waals surface area contributed by atoms with Crippen molar-refractivity contribution in [3.8, 4) is 0 Å². The van der Waals surface area contributed by atoms with E-state index >= 15 is 0 Å². The number of carbonyl (C=O) groups excluding carboxylic acids is 1. The van der Waals surface area contributed by atoms with Crippen molar-refractivity contribution >= 4 is 32.6 Å². The Bertz CT molecular complexity index is 1240. The zero-order valence-corrected chi connectivity index (χ0v) is 18.4. The number of aromatic nitrogens is 1. The Kier molecular flexibility index (Phi) is 5.83. The number of halogens is 2. The summed E-state index contributed by atoms with van der Waals surface area (Å²) in [5.41, 5.74) is 5.25. The van der Waals surface area contributed by atoms with Gasteiger partial charge in [-0.05, 0) is 49.1 Å². The van der Waals surface area contributed by atoms with Crippen molar-refractivity contribution in [1.29, 1.82) is 0 Å². The van der Waals surface area contributed by atoms with E-state index in [-0.39, 0.29) is 17.8 Å². The fraction of sp³-hybridized carbons (Fsp3) is 0.200. The van der Waals surface area contributed by atoms with Crippen LogP contribution in [0.5, 0.6) is 0 Å². The van der Waals surface area contributed by atoms with Gasteiger partial charge in [-0.3, -0.25) is 9.69 Å². The zero-order valence-electron chi connectivity index (χ0n) is 17.6. The van der Waals surface area contributed by atoms with Gasteiger partial charge in [-0.2, -0.15) is 0 Å². The van der Waals surface area contributed by atoms with Crippen molar-refractivity contribution in [1.82, 2.24) is 4.98 Å². The number of carbonyl (C=O) groups is 1. The minimum atomic E-state index is -0.727. The van der Waals surface area contributed by atoms with Crippen LogP contribution < -0.4 is 4.90 Å². The number of nitrogens with zero attached hydrogens (tertiary/aromatic N) is 2. The van der Waals surface area contributed by atoms with Gasteiger partial charge in [-0.25, -0.2) is 13.8 Å². The monoisotopic (exact) mass is 436 g/mol. The third-order valence-corrected chi connectivity index (χ3v) is 6.31. The van der Waals surface area contributed by atoms with Crippen molar-refractivity contribution in [3.63, 3.8) is 0 Å². The summed E-state index contributed by atoms with van der Waals surface area (Å²) in [6, 6.07) is 15.8. The maximum absolute atomic E-state index is 14.2. The van der Waals surface area contributed by atoms with E-state index < -0.39 is 11.6 Å². The molecule has 1 amide bonds. The van der Waals surface area contributed by atoms with Crippen LogP contribution in [-0.2, 0) is 17.8 Å². The summed E-state index contributed by atoms with van der Waals surface area (Å²) < 4.78 is 28.3. The van der Waals surface area contributed by atoms with Gasteiger partial charge >= 0.3 is 0 Å². The summed E-state index contributed by atoms with van der Waals surface area (Å²) in [5, 5.41) is 0.357. The predicted molar refractivity (Wildman–Crippen MR) is 122 cm³/mol. The highest BCUT2D eigenvalue weighted by molar-refractivity contribution is 7.22. The number of hydrogen-bond acceptors (Lipinski definition) is 3. The molecule has 0 fully saturated rings. The second-order valence-corrected chi connectivity index (χ2v) is 8.76. The Morgan fingerprint density at radius 2 is 1.68 bits per heavy atom. The number of aryl methyl sites for hydroxylation is 3. The number of anilines is 1. The molecule has 6 heteroatoms. The number of benzene rings is 3. The molecule has 3 nitrogen and oxygen atoms in total. The Balaban J connectivity index is 1.74. The molecule has 0 radical (unpaired) electrons. The molecule has 0 aliphatic rings. The molecule has 3 aromatic carbocycles. The molecule has 0 saturated heterocycles. The van der Waals surface area contributed by atoms with Crippen molar-refractivity contribution in [2.45, 2.75) is 33.7 Å². The molecule has 4 rings (SSSR count). The number of hydrogen-bond donors (Lipinski definition) is 0. The first-order valence-electron chi connectivity index (χ1n) is 9.98. The summed E-state index contributed by atoms with van der Waals surface area (Å²) in [6.45, 7) is 6.33. The topological polar surface area (TPSA) is 33.2 Å². The summed E-state index contributed by atoms with van der Waals surface area (Å²) >= 11 is 1.12. The van der Waals surface area contributed by atoms with Crippen LogP contribution >= 0.6 is 11.3 Å². The van der Waals surface area contributed by atoms with Gasteiger partial charge in [-0.1, -0.05) is 59.4 Å². The fourth-order valence-corrected chi connectivity index (χ4v) is 4.85. The van der Waals surface area contributed by atoms with Crippen LogP contribution in [0.2, 0.25) is 0 Å². The van der Waals surface area contributed by atoms with Crippen LogP contribution in [-0.4, -0.2) is 10.9 Å². The highest BCUT2D eigenvalue weighted by atomic mass is 32.1. The molecule has 0 aliphatic heterocycles. The lowest BCUT2D eigenvalue weighted by Gasteiger charge is -2.21. The summed E-state index contributed by atoms with van der Waals surface area (Å²) in [6.07, 6.45) is 0.206. The van der Waals surface area contributed by atoms with Crippen LogP contribution in [0.4, 0.5) is 13.9 Å². The molecule has 158 valence electrons. The van der Waals surface area contributed by atoms with E-state index in [1.54, 1.807) is 4.90 Å². The average molecular weight is 437 g/mol. The maximum atomic E-state index is 14.2. The Labute approximate surface area is 184 Å². The molecular weight excluding hydrogens is 414 g/mol. The molecule has 0 unspecified atom stereocenters. The minimum Gasteiger partial charge on any atom is -0.283 e. The van der Waals surface area contributed by atoms with Crippen LogP contribution in [0.3, 0.4) is 0 Å². The van der Waals surface area contributed by atoms with Crippen molar-refractivity contribution in [2.24, 2.45) is 0 Å². The van der Waals surface area contributed by atoms with E-state index in [4.69, 9.17) is 0 Å². The van der Waals surface area contributed by atoms with E-state index in [1.165, 1.54) is 6.07 Å². The van der Waals surface area contributed by atoms with E-state index in [0.717, 1.165) is 45.2 Å². The molecular formula is C25H22F2N2OS. The van der Waals surface area contributed by atoms with Crippen LogP contribution in [0.1, 0.15) is 27.8 Å². The van der Waals surface area contributed by atoms with Crippen LogP contribution in [0.25, 0.3) is 10.2 Å². The lowest BCUT2D eigenvalue weighted by Crippen LogP contribution is -2.32. The molecule has 0 saturated carbocycles.